The van der Waals surface area contributed by atoms with Gasteiger partial charge in [-0.25, -0.2) is 0 Å². The number of aryl methyl sites for hydroxylation is 2. The Labute approximate surface area is 97.3 Å². The molecular weight excluding hydrogens is 192 g/mol. The third-order valence-corrected chi connectivity index (χ3v) is 2.59. The molecule has 0 aliphatic heterocycles. The van der Waals surface area contributed by atoms with E-state index in [4.69, 9.17) is 0 Å². The molecule has 0 N–H and O–H groups in total. The van der Waals surface area contributed by atoms with Crippen molar-refractivity contribution in [3.63, 3.8) is 0 Å². The van der Waals surface area contributed by atoms with Gasteiger partial charge in [0.15, 0.2) is 0 Å². The Morgan fingerprint density at radius 3 is 2.06 bits per heavy atom. The maximum Gasteiger partial charge on any atom is -0.0254 e. The second kappa shape index (κ2) is 4.80. The van der Waals surface area contributed by atoms with Gasteiger partial charge in [-0.1, -0.05) is 71.8 Å². The monoisotopic (exact) mass is 208 g/mol. The summed E-state index contributed by atoms with van der Waals surface area (Å²) in [6.07, 6.45) is 4.30. The van der Waals surface area contributed by atoms with Gasteiger partial charge in [0.1, 0.15) is 0 Å². The average molecular weight is 208 g/mol. The van der Waals surface area contributed by atoms with Gasteiger partial charge in [-0.2, -0.15) is 0 Å². The molecule has 0 saturated carbocycles. The summed E-state index contributed by atoms with van der Waals surface area (Å²) in [7, 11) is 0. The highest BCUT2D eigenvalue weighted by atomic mass is 13.9. The molecule has 2 aromatic carbocycles. The minimum absolute atomic E-state index is 1.24. The molecule has 0 atom stereocenters. The highest BCUT2D eigenvalue weighted by molar-refractivity contribution is 5.69. The standard InChI is InChI=1S/C16H16/c1-13-6-8-15(9-7-13)10-11-16-5-3-4-14(2)12-16/h3-12H,1-2H3. The van der Waals surface area contributed by atoms with Gasteiger partial charge in [0.2, 0.25) is 0 Å². The minimum Gasteiger partial charge on any atom is -0.0614 e. The van der Waals surface area contributed by atoms with E-state index < -0.39 is 0 Å². The molecule has 16 heavy (non-hydrogen) atoms. The van der Waals surface area contributed by atoms with Crippen LogP contribution >= 0.6 is 0 Å². The van der Waals surface area contributed by atoms with Gasteiger partial charge in [-0.3, -0.25) is 0 Å². The van der Waals surface area contributed by atoms with E-state index in [1.807, 2.05) is 0 Å². The molecule has 0 aromatic heterocycles. The van der Waals surface area contributed by atoms with E-state index in [1.165, 1.54) is 22.3 Å². The quantitative estimate of drug-likeness (QED) is 0.638. The third-order valence-electron chi connectivity index (χ3n) is 2.59. The van der Waals surface area contributed by atoms with Gasteiger partial charge < -0.3 is 0 Å². The lowest BCUT2D eigenvalue weighted by molar-refractivity contribution is 1.46. The lowest BCUT2D eigenvalue weighted by atomic mass is 10.1. The Hall–Kier alpha value is -1.82. The van der Waals surface area contributed by atoms with E-state index in [0.29, 0.717) is 0 Å². The van der Waals surface area contributed by atoms with Crippen molar-refractivity contribution in [3.05, 3.63) is 70.8 Å². The summed E-state index contributed by atoms with van der Waals surface area (Å²) in [5.74, 6) is 0. The minimum atomic E-state index is 1.24. The van der Waals surface area contributed by atoms with E-state index in [0.717, 1.165) is 0 Å². The average Bonchev–Trinajstić information content (AvgIpc) is 2.28. The molecule has 0 spiro atoms. The SMILES string of the molecule is Cc1ccc(C=Cc2cccc(C)c2)cc1. The molecule has 0 nitrogen and oxygen atoms in total. The number of benzene rings is 2. The lowest BCUT2D eigenvalue weighted by Crippen LogP contribution is -1.76. The van der Waals surface area contributed by atoms with E-state index in [1.54, 1.807) is 0 Å². The van der Waals surface area contributed by atoms with Crippen molar-refractivity contribution in [2.24, 2.45) is 0 Å². The zero-order valence-electron chi connectivity index (χ0n) is 9.77. The first-order valence-corrected chi connectivity index (χ1v) is 5.55. The van der Waals surface area contributed by atoms with Crippen LogP contribution in [0.4, 0.5) is 0 Å². The van der Waals surface area contributed by atoms with Gasteiger partial charge in [0.05, 0.1) is 0 Å². The maximum atomic E-state index is 2.19. The van der Waals surface area contributed by atoms with E-state index >= 15 is 0 Å². The molecule has 2 aromatic rings. The van der Waals surface area contributed by atoms with Crippen molar-refractivity contribution < 1.29 is 0 Å². The topological polar surface area (TPSA) is 0 Å². The van der Waals surface area contributed by atoms with Crippen molar-refractivity contribution in [2.45, 2.75) is 13.8 Å². The summed E-state index contributed by atoms with van der Waals surface area (Å²) in [6, 6.07) is 17.1. The Balaban J connectivity index is 2.18. The molecule has 0 aliphatic rings. The predicted molar refractivity (Wildman–Crippen MR) is 71.3 cm³/mol. The summed E-state index contributed by atoms with van der Waals surface area (Å²) in [4.78, 5) is 0. The summed E-state index contributed by atoms with van der Waals surface area (Å²) >= 11 is 0. The second-order valence-electron chi connectivity index (χ2n) is 4.16. The van der Waals surface area contributed by atoms with Crippen LogP contribution in [-0.2, 0) is 0 Å². The van der Waals surface area contributed by atoms with Crippen molar-refractivity contribution in [1.82, 2.24) is 0 Å². The molecule has 0 amide bonds. The van der Waals surface area contributed by atoms with Crippen molar-refractivity contribution in [3.8, 4) is 0 Å². The fourth-order valence-corrected chi connectivity index (χ4v) is 1.64. The summed E-state index contributed by atoms with van der Waals surface area (Å²) in [5.41, 5.74) is 5.09. The van der Waals surface area contributed by atoms with Gasteiger partial charge in [-0.15, -0.1) is 0 Å². The molecule has 0 aliphatic carbocycles. The zero-order valence-corrected chi connectivity index (χ0v) is 9.77. The van der Waals surface area contributed by atoms with Crippen LogP contribution in [-0.4, -0.2) is 0 Å². The van der Waals surface area contributed by atoms with Crippen LogP contribution in [0, 0.1) is 13.8 Å². The van der Waals surface area contributed by atoms with Crippen molar-refractivity contribution in [1.29, 1.82) is 0 Å². The van der Waals surface area contributed by atoms with Crippen LogP contribution in [0.5, 0.6) is 0 Å². The molecule has 0 unspecified atom stereocenters. The highest BCUT2D eigenvalue weighted by Gasteiger charge is 1.89. The predicted octanol–water partition coefficient (Wildman–Crippen LogP) is 4.47. The van der Waals surface area contributed by atoms with Gasteiger partial charge in [-0.05, 0) is 25.0 Å². The third kappa shape index (κ3) is 2.83. The molecule has 0 radical (unpaired) electrons. The highest BCUT2D eigenvalue weighted by Crippen LogP contribution is 2.10. The fraction of sp³-hybridized carbons (Fsp3) is 0.125. The number of hydrogen-bond donors (Lipinski definition) is 0. The Morgan fingerprint density at radius 1 is 0.688 bits per heavy atom. The largest absolute Gasteiger partial charge is 0.0614 e. The van der Waals surface area contributed by atoms with Crippen LogP contribution in [0.1, 0.15) is 22.3 Å². The normalized spacial score (nSPS) is 10.9. The molecule has 0 saturated heterocycles. The van der Waals surface area contributed by atoms with E-state index in [-0.39, 0.29) is 0 Å². The van der Waals surface area contributed by atoms with Gasteiger partial charge in [0.25, 0.3) is 0 Å². The van der Waals surface area contributed by atoms with Crippen molar-refractivity contribution in [2.75, 3.05) is 0 Å². The first-order valence-electron chi connectivity index (χ1n) is 5.55. The Bertz CT molecular complexity index is 490. The maximum absolute atomic E-state index is 2.19. The lowest BCUT2D eigenvalue weighted by Gasteiger charge is -1.97. The summed E-state index contributed by atoms with van der Waals surface area (Å²) < 4.78 is 0. The Kier molecular flexibility index (Phi) is 3.21. The Morgan fingerprint density at radius 2 is 1.38 bits per heavy atom. The molecule has 0 bridgehead atoms. The van der Waals surface area contributed by atoms with Crippen LogP contribution < -0.4 is 0 Å². The van der Waals surface area contributed by atoms with Gasteiger partial charge in [0, 0.05) is 0 Å². The molecule has 80 valence electrons. The van der Waals surface area contributed by atoms with Crippen LogP contribution in [0.3, 0.4) is 0 Å². The zero-order chi connectivity index (χ0) is 11.4. The van der Waals surface area contributed by atoms with E-state index in [2.05, 4.69) is 74.5 Å². The molecule has 0 fully saturated rings. The smallest absolute Gasteiger partial charge is 0.0254 e. The first kappa shape index (κ1) is 10.7. The molecular formula is C16H16. The number of hydrogen-bond acceptors (Lipinski definition) is 0. The summed E-state index contributed by atoms with van der Waals surface area (Å²) in [6.45, 7) is 4.22. The summed E-state index contributed by atoms with van der Waals surface area (Å²) in [5, 5.41) is 0. The second-order valence-corrected chi connectivity index (χ2v) is 4.16. The molecule has 0 heterocycles. The van der Waals surface area contributed by atoms with Crippen LogP contribution in [0.25, 0.3) is 12.2 Å². The molecule has 2 rings (SSSR count). The first-order chi connectivity index (χ1) is 7.74. The van der Waals surface area contributed by atoms with Gasteiger partial charge >= 0.3 is 0 Å². The van der Waals surface area contributed by atoms with E-state index in [9.17, 15) is 0 Å². The van der Waals surface area contributed by atoms with Crippen LogP contribution in [0.2, 0.25) is 0 Å². The number of rotatable bonds is 2. The molecule has 0 heteroatoms. The van der Waals surface area contributed by atoms with Crippen LogP contribution in [0.15, 0.2) is 48.5 Å². The fourth-order valence-electron chi connectivity index (χ4n) is 1.64. The van der Waals surface area contributed by atoms with Crippen molar-refractivity contribution >= 4 is 12.2 Å².